The third-order valence-corrected chi connectivity index (χ3v) is 3.40. The third kappa shape index (κ3) is 2.61. The second-order valence-corrected chi connectivity index (χ2v) is 4.41. The van der Waals surface area contributed by atoms with Crippen molar-refractivity contribution in [2.75, 3.05) is 0 Å². The second kappa shape index (κ2) is 5.33. The first-order chi connectivity index (χ1) is 7.42. The van der Waals surface area contributed by atoms with Crippen LogP contribution < -0.4 is 11.3 Å². The maximum atomic E-state index is 5.64. The van der Waals surface area contributed by atoms with E-state index in [2.05, 4.69) is 5.43 Å². The van der Waals surface area contributed by atoms with E-state index in [9.17, 15) is 0 Å². The van der Waals surface area contributed by atoms with Crippen LogP contribution in [0, 0.1) is 5.92 Å². The molecule has 1 unspecified atom stereocenters. The molecule has 1 fully saturated rings. The lowest BCUT2D eigenvalue weighted by Gasteiger charge is -2.23. The number of hydrogen-bond acceptors (Lipinski definition) is 3. The Kier molecular flexibility index (Phi) is 3.80. The van der Waals surface area contributed by atoms with Crippen molar-refractivity contribution in [2.45, 2.75) is 44.6 Å². The Morgan fingerprint density at radius 1 is 1.27 bits per heavy atom. The van der Waals surface area contributed by atoms with Crippen molar-refractivity contribution >= 4 is 0 Å². The van der Waals surface area contributed by atoms with Gasteiger partial charge in [-0.05, 0) is 30.9 Å². The topological polar surface area (TPSA) is 51.2 Å². The number of rotatable bonds is 3. The van der Waals surface area contributed by atoms with Crippen LogP contribution in [0.15, 0.2) is 22.8 Å². The van der Waals surface area contributed by atoms with Crippen LogP contribution >= 0.6 is 0 Å². The molecule has 0 spiro atoms. The summed E-state index contributed by atoms with van der Waals surface area (Å²) in [4.78, 5) is 0. The zero-order valence-electron chi connectivity index (χ0n) is 9.11. The highest BCUT2D eigenvalue weighted by molar-refractivity contribution is 5.05. The molecule has 0 amide bonds. The van der Waals surface area contributed by atoms with Gasteiger partial charge >= 0.3 is 0 Å². The Bertz CT molecular complexity index is 263. The van der Waals surface area contributed by atoms with E-state index in [4.69, 9.17) is 10.3 Å². The van der Waals surface area contributed by atoms with Gasteiger partial charge in [-0.25, -0.2) is 5.43 Å². The summed E-state index contributed by atoms with van der Waals surface area (Å²) in [6.45, 7) is 0. The number of hydrazine groups is 1. The molecular weight excluding hydrogens is 188 g/mol. The molecule has 1 aromatic rings. The number of nitrogens with two attached hydrogens (primary N) is 1. The van der Waals surface area contributed by atoms with E-state index in [0.717, 1.165) is 5.76 Å². The standard InChI is InChI=1S/C12H20N2O/c13-14-12(11-8-5-9-15-11)10-6-3-1-2-4-7-10/h5,8-10,12,14H,1-4,6-7,13H2. The Hall–Kier alpha value is -0.800. The fraction of sp³-hybridized carbons (Fsp3) is 0.667. The molecule has 1 saturated carbocycles. The normalized spacial score (nSPS) is 21.1. The van der Waals surface area contributed by atoms with Crippen molar-refractivity contribution in [3.05, 3.63) is 24.2 Å². The summed E-state index contributed by atoms with van der Waals surface area (Å²) in [7, 11) is 0. The van der Waals surface area contributed by atoms with Crippen LogP contribution in [-0.2, 0) is 0 Å². The van der Waals surface area contributed by atoms with Gasteiger partial charge in [0.05, 0.1) is 12.3 Å². The van der Waals surface area contributed by atoms with Gasteiger partial charge in [0.2, 0.25) is 0 Å². The third-order valence-electron chi connectivity index (χ3n) is 3.40. The maximum absolute atomic E-state index is 5.64. The summed E-state index contributed by atoms with van der Waals surface area (Å²) in [5, 5.41) is 0. The van der Waals surface area contributed by atoms with Crippen molar-refractivity contribution < 1.29 is 4.42 Å². The van der Waals surface area contributed by atoms with E-state index in [1.165, 1.54) is 38.5 Å². The molecule has 15 heavy (non-hydrogen) atoms. The molecule has 0 bridgehead atoms. The molecule has 2 rings (SSSR count). The van der Waals surface area contributed by atoms with E-state index >= 15 is 0 Å². The Morgan fingerprint density at radius 2 is 2.00 bits per heavy atom. The molecule has 3 N–H and O–H groups in total. The molecule has 84 valence electrons. The highest BCUT2D eigenvalue weighted by atomic mass is 16.3. The molecule has 1 heterocycles. The minimum atomic E-state index is 0.193. The predicted molar refractivity (Wildman–Crippen MR) is 60.0 cm³/mol. The number of furan rings is 1. The minimum absolute atomic E-state index is 0.193. The van der Waals surface area contributed by atoms with Gasteiger partial charge in [0, 0.05) is 0 Å². The molecule has 3 heteroatoms. The minimum Gasteiger partial charge on any atom is -0.468 e. The van der Waals surface area contributed by atoms with Crippen LogP contribution in [0.25, 0.3) is 0 Å². The van der Waals surface area contributed by atoms with Crippen LogP contribution in [0.5, 0.6) is 0 Å². The Balaban J connectivity index is 2.04. The molecule has 0 radical (unpaired) electrons. The number of hydrogen-bond donors (Lipinski definition) is 2. The average Bonchev–Trinajstić information content (AvgIpc) is 2.63. The first-order valence-corrected chi connectivity index (χ1v) is 5.91. The molecule has 0 aliphatic heterocycles. The van der Waals surface area contributed by atoms with Crippen molar-refractivity contribution in [1.29, 1.82) is 0 Å². The van der Waals surface area contributed by atoms with E-state index in [1.807, 2.05) is 12.1 Å². The Labute approximate surface area is 91.0 Å². The lowest BCUT2D eigenvalue weighted by atomic mass is 9.91. The quantitative estimate of drug-likeness (QED) is 0.456. The van der Waals surface area contributed by atoms with Gasteiger partial charge in [-0.2, -0.15) is 0 Å². The summed E-state index contributed by atoms with van der Waals surface area (Å²) in [5.41, 5.74) is 2.91. The maximum Gasteiger partial charge on any atom is 0.122 e. The van der Waals surface area contributed by atoms with Crippen LogP contribution in [0.4, 0.5) is 0 Å². The fourth-order valence-electron chi connectivity index (χ4n) is 2.56. The molecule has 1 aliphatic rings. The van der Waals surface area contributed by atoms with Gasteiger partial charge in [-0.15, -0.1) is 0 Å². The van der Waals surface area contributed by atoms with E-state index in [-0.39, 0.29) is 6.04 Å². The van der Waals surface area contributed by atoms with Gasteiger partial charge in [0.25, 0.3) is 0 Å². The van der Waals surface area contributed by atoms with Crippen LogP contribution in [0.1, 0.15) is 50.3 Å². The van der Waals surface area contributed by atoms with Gasteiger partial charge in [0.15, 0.2) is 0 Å². The highest BCUT2D eigenvalue weighted by Gasteiger charge is 2.24. The van der Waals surface area contributed by atoms with Gasteiger partial charge < -0.3 is 4.42 Å². The SMILES string of the molecule is NNC(c1ccco1)C1CCCCCC1. The van der Waals surface area contributed by atoms with Crippen LogP contribution in [0.2, 0.25) is 0 Å². The lowest BCUT2D eigenvalue weighted by molar-refractivity contribution is 0.286. The smallest absolute Gasteiger partial charge is 0.122 e. The van der Waals surface area contributed by atoms with Crippen molar-refractivity contribution in [2.24, 2.45) is 11.8 Å². The molecular formula is C12H20N2O. The predicted octanol–water partition coefficient (Wildman–Crippen LogP) is 2.75. The zero-order chi connectivity index (χ0) is 10.5. The molecule has 1 aliphatic carbocycles. The van der Waals surface area contributed by atoms with Crippen molar-refractivity contribution in [3.63, 3.8) is 0 Å². The first-order valence-electron chi connectivity index (χ1n) is 5.91. The van der Waals surface area contributed by atoms with Crippen molar-refractivity contribution in [3.8, 4) is 0 Å². The number of nitrogens with one attached hydrogen (secondary N) is 1. The molecule has 0 saturated heterocycles. The Morgan fingerprint density at radius 3 is 2.53 bits per heavy atom. The first kappa shape index (κ1) is 10.7. The molecule has 1 atom stereocenters. The van der Waals surface area contributed by atoms with Crippen molar-refractivity contribution in [1.82, 2.24) is 5.43 Å². The van der Waals surface area contributed by atoms with E-state index in [1.54, 1.807) is 6.26 Å². The fourth-order valence-corrected chi connectivity index (χ4v) is 2.56. The van der Waals surface area contributed by atoms with E-state index < -0.39 is 0 Å². The average molecular weight is 208 g/mol. The summed E-state index contributed by atoms with van der Waals surface area (Å²) in [5.74, 6) is 7.24. The monoisotopic (exact) mass is 208 g/mol. The molecule has 1 aromatic heterocycles. The summed E-state index contributed by atoms with van der Waals surface area (Å²) in [6.07, 6.45) is 9.62. The highest BCUT2D eigenvalue weighted by Crippen LogP contribution is 2.33. The van der Waals surface area contributed by atoms with E-state index in [0.29, 0.717) is 5.92 Å². The summed E-state index contributed by atoms with van der Waals surface area (Å²) >= 11 is 0. The second-order valence-electron chi connectivity index (χ2n) is 4.41. The van der Waals surface area contributed by atoms with Crippen LogP contribution in [0.3, 0.4) is 0 Å². The summed E-state index contributed by atoms with van der Waals surface area (Å²) < 4.78 is 5.44. The lowest BCUT2D eigenvalue weighted by Crippen LogP contribution is -2.33. The van der Waals surface area contributed by atoms with Gasteiger partial charge in [-0.1, -0.05) is 25.7 Å². The molecule has 0 aromatic carbocycles. The zero-order valence-corrected chi connectivity index (χ0v) is 9.11. The summed E-state index contributed by atoms with van der Waals surface area (Å²) in [6, 6.07) is 4.13. The largest absolute Gasteiger partial charge is 0.468 e. The van der Waals surface area contributed by atoms with Crippen LogP contribution in [-0.4, -0.2) is 0 Å². The molecule has 3 nitrogen and oxygen atoms in total. The van der Waals surface area contributed by atoms with Gasteiger partial charge in [-0.3, -0.25) is 5.84 Å². The van der Waals surface area contributed by atoms with Gasteiger partial charge in [0.1, 0.15) is 5.76 Å².